The lowest BCUT2D eigenvalue weighted by molar-refractivity contribution is 0.0948. The van der Waals surface area contributed by atoms with E-state index in [1.54, 1.807) is 4.68 Å². The molecular formula is C20H20ClN3O. The van der Waals surface area contributed by atoms with Crippen molar-refractivity contribution in [1.29, 1.82) is 0 Å². The summed E-state index contributed by atoms with van der Waals surface area (Å²) in [7, 11) is 1.85. The van der Waals surface area contributed by atoms with E-state index in [1.165, 1.54) is 5.56 Å². The number of hydrogen-bond acceptors (Lipinski definition) is 2. The van der Waals surface area contributed by atoms with Crippen LogP contribution in [0.2, 0.25) is 5.02 Å². The van der Waals surface area contributed by atoms with E-state index >= 15 is 0 Å². The SMILES string of the molecule is Cc1ccc(-c2cc(C(=O)NCCc3ccc(Cl)cc3)nn2C)cc1. The van der Waals surface area contributed by atoms with Gasteiger partial charge < -0.3 is 5.32 Å². The molecule has 2 aromatic carbocycles. The molecule has 0 aliphatic rings. The Morgan fingerprint density at radius 1 is 1.12 bits per heavy atom. The average Bonchev–Trinajstić information content (AvgIpc) is 2.99. The van der Waals surface area contributed by atoms with Gasteiger partial charge in [0.2, 0.25) is 0 Å². The Morgan fingerprint density at radius 2 is 1.80 bits per heavy atom. The Bertz CT molecular complexity index is 867. The standard InChI is InChI=1S/C20H20ClN3O/c1-14-3-7-16(8-4-14)19-13-18(23-24(19)2)20(25)22-12-11-15-5-9-17(21)10-6-15/h3-10,13H,11-12H2,1-2H3,(H,22,25). The minimum absolute atomic E-state index is 0.164. The quantitative estimate of drug-likeness (QED) is 0.753. The smallest absolute Gasteiger partial charge is 0.271 e. The van der Waals surface area contributed by atoms with Crippen molar-refractivity contribution in [2.75, 3.05) is 6.54 Å². The molecule has 0 fully saturated rings. The van der Waals surface area contributed by atoms with Crippen molar-refractivity contribution in [3.05, 3.63) is 76.4 Å². The summed E-state index contributed by atoms with van der Waals surface area (Å²) >= 11 is 5.87. The van der Waals surface area contributed by atoms with Crippen molar-refractivity contribution >= 4 is 17.5 Å². The lowest BCUT2D eigenvalue weighted by Crippen LogP contribution is -2.26. The van der Waals surface area contributed by atoms with E-state index < -0.39 is 0 Å². The Balaban J connectivity index is 1.63. The Labute approximate surface area is 152 Å². The highest BCUT2D eigenvalue weighted by molar-refractivity contribution is 6.30. The molecule has 3 aromatic rings. The van der Waals surface area contributed by atoms with E-state index in [1.807, 2.05) is 68.6 Å². The maximum absolute atomic E-state index is 12.3. The second-order valence-electron chi connectivity index (χ2n) is 6.04. The van der Waals surface area contributed by atoms with Crippen LogP contribution in [0.25, 0.3) is 11.3 Å². The number of halogens is 1. The summed E-state index contributed by atoms with van der Waals surface area (Å²) in [5.41, 5.74) is 4.72. The van der Waals surface area contributed by atoms with Gasteiger partial charge in [0.25, 0.3) is 5.91 Å². The lowest BCUT2D eigenvalue weighted by atomic mass is 10.1. The first kappa shape index (κ1) is 17.2. The van der Waals surface area contributed by atoms with Crippen LogP contribution in [0.1, 0.15) is 21.6 Å². The van der Waals surface area contributed by atoms with Gasteiger partial charge in [-0.1, -0.05) is 53.6 Å². The minimum atomic E-state index is -0.164. The first-order valence-corrected chi connectivity index (χ1v) is 8.54. The zero-order valence-corrected chi connectivity index (χ0v) is 15.0. The van der Waals surface area contributed by atoms with E-state index in [4.69, 9.17) is 11.6 Å². The molecule has 0 aliphatic carbocycles. The molecule has 5 heteroatoms. The lowest BCUT2D eigenvalue weighted by Gasteiger charge is -2.03. The Morgan fingerprint density at radius 3 is 2.48 bits per heavy atom. The number of amides is 1. The fraction of sp³-hybridized carbons (Fsp3) is 0.200. The van der Waals surface area contributed by atoms with Gasteiger partial charge in [-0.05, 0) is 42.7 Å². The molecule has 1 N–H and O–H groups in total. The molecule has 1 aromatic heterocycles. The van der Waals surface area contributed by atoms with Crippen LogP contribution < -0.4 is 5.32 Å². The van der Waals surface area contributed by atoms with Crippen LogP contribution in [0.3, 0.4) is 0 Å². The summed E-state index contributed by atoms with van der Waals surface area (Å²) in [5.74, 6) is -0.164. The molecule has 0 bridgehead atoms. The summed E-state index contributed by atoms with van der Waals surface area (Å²) in [6.45, 7) is 2.60. The number of aromatic nitrogens is 2. The van der Waals surface area contributed by atoms with Crippen molar-refractivity contribution in [1.82, 2.24) is 15.1 Å². The number of rotatable bonds is 5. The van der Waals surface area contributed by atoms with Crippen LogP contribution in [0, 0.1) is 6.92 Å². The molecule has 3 rings (SSSR count). The van der Waals surface area contributed by atoms with Gasteiger partial charge >= 0.3 is 0 Å². The highest BCUT2D eigenvalue weighted by Gasteiger charge is 2.13. The van der Waals surface area contributed by atoms with E-state index in [0.29, 0.717) is 17.3 Å². The van der Waals surface area contributed by atoms with Crippen molar-refractivity contribution in [3.8, 4) is 11.3 Å². The normalized spacial score (nSPS) is 10.7. The third-order valence-corrected chi connectivity index (χ3v) is 4.32. The number of benzene rings is 2. The summed E-state index contributed by atoms with van der Waals surface area (Å²) in [5, 5.41) is 7.96. The van der Waals surface area contributed by atoms with Crippen LogP contribution in [0.15, 0.2) is 54.6 Å². The first-order valence-electron chi connectivity index (χ1n) is 8.16. The molecule has 0 saturated heterocycles. The average molecular weight is 354 g/mol. The van der Waals surface area contributed by atoms with Gasteiger partial charge in [-0.3, -0.25) is 9.48 Å². The van der Waals surface area contributed by atoms with E-state index in [2.05, 4.69) is 10.4 Å². The maximum atomic E-state index is 12.3. The summed E-state index contributed by atoms with van der Waals surface area (Å²) < 4.78 is 1.73. The van der Waals surface area contributed by atoms with Crippen molar-refractivity contribution in [3.63, 3.8) is 0 Å². The number of hydrogen-bond donors (Lipinski definition) is 1. The molecule has 0 saturated carbocycles. The van der Waals surface area contributed by atoms with Gasteiger partial charge in [0, 0.05) is 18.6 Å². The Hall–Kier alpha value is -2.59. The number of nitrogens with zero attached hydrogens (tertiary/aromatic N) is 2. The topological polar surface area (TPSA) is 46.9 Å². The molecule has 0 radical (unpaired) electrons. The molecule has 1 amide bonds. The summed E-state index contributed by atoms with van der Waals surface area (Å²) in [6, 6.07) is 17.6. The van der Waals surface area contributed by atoms with Crippen LogP contribution in [0.4, 0.5) is 0 Å². The van der Waals surface area contributed by atoms with Crippen LogP contribution in [0.5, 0.6) is 0 Å². The molecule has 0 spiro atoms. The molecular weight excluding hydrogens is 334 g/mol. The van der Waals surface area contributed by atoms with E-state index in [0.717, 1.165) is 23.2 Å². The van der Waals surface area contributed by atoms with Gasteiger partial charge in [0.05, 0.1) is 5.69 Å². The van der Waals surface area contributed by atoms with Crippen molar-refractivity contribution in [2.24, 2.45) is 7.05 Å². The molecule has 0 atom stereocenters. The summed E-state index contributed by atoms with van der Waals surface area (Å²) in [4.78, 5) is 12.3. The largest absolute Gasteiger partial charge is 0.350 e. The van der Waals surface area contributed by atoms with Crippen LogP contribution in [-0.2, 0) is 13.5 Å². The molecule has 0 aliphatic heterocycles. The molecule has 4 nitrogen and oxygen atoms in total. The monoisotopic (exact) mass is 353 g/mol. The number of carbonyl (C=O) groups excluding carboxylic acids is 1. The van der Waals surface area contributed by atoms with Gasteiger partial charge in [-0.2, -0.15) is 5.10 Å². The fourth-order valence-corrected chi connectivity index (χ4v) is 2.76. The first-order chi connectivity index (χ1) is 12.0. The predicted octanol–water partition coefficient (Wildman–Crippen LogP) is 4.02. The zero-order valence-electron chi connectivity index (χ0n) is 14.3. The second kappa shape index (κ2) is 7.53. The molecule has 1 heterocycles. The van der Waals surface area contributed by atoms with E-state index in [-0.39, 0.29) is 5.91 Å². The zero-order chi connectivity index (χ0) is 17.8. The van der Waals surface area contributed by atoms with E-state index in [9.17, 15) is 4.79 Å². The highest BCUT2D eigenvalue weighted by Crippen LogP contribution is 2.20. The van der Waals surface area contributed by atoms with Gasteiger partial charge in [0.15, 0.2) is 5.69 Å². The second-order valence-corrected chi connectivity index (χ2v) is 6.47. The third-order valence-electron chi connectivity index (χ3n) is 4.07. The molecule has 128 valence electrons. The maximum Gasteiger partial charge on any atom is 0.271 e. The third kappa shape index (κ3) is 4.28. The molecule has 0 unspecified atom stereocenters. The van der Waals surface area contributed by atoms with Gasteiger partial charge in [-0.25, -0.2) is 0 Å². The van der Waals surface area contributed by atoms with Crippen molar-refractivity contribution < 1.29 is 4.79 Å². The van der Waals surface area contributed by atoms with Crippen LogP contribution >= 0.6 is 11.6 Å². The summed E-state index contributed by atoms with van der Waals surface area (Å²) in [6.07, 6.45) is 0.751. The van der Waals surface area contributed by atoms with Gasteiger partial charge in [0.1, 0.15) is 0 Å². The highest BCUT2D eigenvalue weighted by atomic mass is 35.5. The Kier molecular flexibility index (Phi) is 5.19. The fourth-order valence-electron chi connectivity index (χ4n) is 2.63. The number of aryl methyl sites for hydroxylation is 2. The number of carbonyl (C=O) groups is 1. The predicted molar refractivity (Wildman–Crippen MR) is 101 cm³/mol. The van der Waals surface area contributed by atoms with Crippen LogP contribution in [-0.4, -0.2) is 22.2 Å². The minimum Gasteiger partial charge on any atom is -0.350 e. The van der Waals surface area contributed by atoms with Crippen molar-refractivity contribution in [2.45, 2.75) is 13.3 Å². The van der Waals surface area contributed by atoms with Gasteiger partial charge in [-0.15, -0.1) is 0 Å². The number of nitrogens with one attached hydrogen (secondary N) is 1. The molecule has 25 heavy (non-hydrogen) atoms.